The summed E-state index contributed by atoms with van der Waals surface area (Å²) in [7, 11) is 0. The van der Waals surface area contributed by atoms with Gasteiger partial charge in [-0.2, -0.15) is 13.2 Å². The second-order valence-corrected chi connectivity index (χ2v) is 5.81. The molecule has 20 heavy (non-hydrogen) atoms. The van der Waals surface area contributed by atoms with E-state index in [1.165, 1.54) is 0 Å². The minimum Gasteiger partial charge on any atom is -0.346 e. The molecule has 0 aliphatic carbocycles. The van der Waals surface area contributed by atoms with Gasteiger partial charge in [0.25, 0.3) is 0 Å². The van der Waals surface area contributed by atoms with E-state index < -0.39 is 24.7 Å². The molecule has 1 amide bonds. The minimum atomic E-state index is -4.40. The van der Waals surface area contributed by atoms with Gasteiger partial charge in [-0.3, -0.25) is 9.69 Å². The molecule has 1 atom stereocenters. The largest absolute Gasteiger partial charge is 0.405 e. The number of aromatic nitrogens is 2. The molecule has 1 aliphatic heterocycles. The summed E-state index contributed by atoms with van der Waals surface area (Å²) in [6.45, 7) is -0.368. The number of nitrogens with one attached hydrogen (secondary N) is 1. The monoisotopic (exact) mass is 328 g/mol. The van der Waals surface area contributed by atoms with Crippen LogP contribution in [0.3, 0.4) is 0 Å². The van der Waals surface area contributed by atoms with Gasteiger partial charge in [0.2, 0.25) is 5.91 Å². The predicted molar refractivity (Wildman–Crippen MR) is 67.4 cm³/mol. The first kappa shape index (κ1) is 15.5. The zero-order valence-corrected chi connectivity index (χ0v) is 11.9. The number of alkyl halides is 3. The zero-order chi connectivity index (χ0) is 14.8. The van der Waals surface area contributed by atoms with Crippen molar-refractivity contribution in [1.82, 2.24) is 19.8 Å². The molecule has 1 aliphatic rings. The second-order valence-electron chi connectivity index (χ2n) is 4.45. The van der Waals surface area contributed by atoms with E-state index >= 15 is 0 Å². The molecule has 0 aromatic carbocycles. The Bertz CT molecular complexity index is 481. The highest BCUT2D eigenvalue weighted by Gasteiger charge is 2.34. The highest BCUT2D eigenvalue weighted by atomic mass is 35.5. The van der Waals surface area contributed by atoms with Crippen LogP contribution in [-0.2, 0) is 11.3 Å². The van der Waals surface area contributed by atoms with Crippen molar-refractivity contribution in [2.24, 2.45) is 0 Å². The van der Waals surface area contributed by atoms with Gasteiger partial charge in [0.1, 0.15) is 16.6 Å². The van der Waals surface area contributed by atoms with Crippen LogP contribution in [0.1, 0.15) is 18.5 Å². The summed E-state index contributed by atoms with van der Waals surface area (Å²) in [5.74, 6) is -0.612. The summed E-state index contributed by atoms with van der Waals surface area (Å²) in [4.78, 5) is 13.6. The van der Waals surface area contributed by atoms with E-state index in [0.29, 0.717) is 29.5 Å². The first-order valence-corrected chi connectivity index (χ1v) is 7.07. The molecule has 112 valence electrons. The van der Waals surface area contributed by atoms with Gasteiger partial charge in [0, 0.05) is 18.1 Å². The summed E-state index contributed by atoms with van der Waals surface area (Å²) in [5.41, 5.74) is 0.548. The Morgan fingerprint density at radius 2 is 2.30 bits per heavy atom. The van der Waals surface area contributed by atoms with Crippen molar-refractivity contribution in [3.63, 3.8) is 0 Å². The lowest BCUT2D eigenvalue weighted by Gasteiger charge is -2.23. The molecule has 0 bridgehead atoms. The summed E-state index contributed by atoms with van der Waals surface area (Å²) >= 11 is 6.92. The normalized spacial score (nSPS) is 20.3. The number of amides is 1. The number of rotatable bonds is 4. The molecular weight excluding hydrogens is 317 g/mol. The fraction of sp³-hybridized carbons (Fsp3) is 0.700. The third-order valence-electron chi connectivity index (χ3n) is 2.99. The Hall–Kier alpha value is -0.930. The lowest BCUT2D eigenvalue weighted by atomic mass is 10.2. The minimum absolute atomic E-state index is 0.319. The van der Waals surface area contributed by atoms with Crippen molar-refractivity contribution in [2.45, 2.75) is 31.6 Å². The standard InChI is InChI=1S/C10H12ClF3N4OS/c11-8-6(16-17-20-8)4-18-3-1-2-7(18)9(19)15-5-10(12,13)14/h7H,1-5H2,(H,15,19)/t7-/m1/s1. The van der Waals surface area contributed by atoms with Crippen LogP contribution in [0.4, 0.5) is 13.2 Å². The highest BCUT2D eigenvalue weighted by Crippen LogP contribution is 2.24. The molecule has 1 saturated heterocycles. The molecule has 0 unspecified atom stereocenters. The van der Waals surface area contributed by atoms with Crippen LogP contribution in [0.5, 0.6) is 0 Å². The van der Waals surface area contributed by atoms with Crippen LogP contribution in [0.2, 0.25) is 4.34 Å². The average Bonchev–Trinajstić information content (AvgIpc) is 2.96. The first-order chi connectivity index (χ1) is 9.37. The van der Waals surface area contributed by atoms with Crippen LogP contribution in [0, 0.1) is 0 Å². The Morgan fingerprint density at radius 1 is 1.55 bits per heavy atom. The number of nitrogens with zero attached hydrogens (tertiary/aromatic N) is 3. The highest BCUT2D eigenvalue weighted by molar-refractivity contribution is 7.10. The number of likely N-dealkylation sites (tertiary alicyclic amines) is 1. The van der Waals surface area contributed by atoms with Gasteiger partial charge in [-0.25, -0.2) is 0 Å². The van der Waals surface area contributed by atoms with E-state index in [1.54, 1.807) is 4.90 Å². The summed E-state index contributed by atoms with van der Waals surface area (Å²) in [6.07, 6.45) is -3.13. The van der Waals surface area contributed by atoms with Crippen LogP contribution in [-0.4, -0.2) is 45.7 Å². The smallest absolute Gasteiger partial charge is 0.346 e. The number of carbonyl (C=O) groups is 1. The molecule has 1 fully saturated rings. The van der Waals surface area contributed by atoms with Crippen molar-refractivity contribution < 1.29 is 18.0 Å². The van der Waals surface area contributed by atoms with E-state index in [-0.39, 0.29) is 0 Å². The molecule has 1 N–H and O–H groups in total. The molecule has 0 saturated carbocycles. The molecule has 10 heteroatoms. The number of hydrogen-bond acceptors (Lipinski definition) is 5. The first-order valence-electron chi connectivity index (χ1n) is 5.92. The molecule has 5 nitrogen and oxygen atoms in total. The fourth-order valence-electron chi connectivity index (χ4n) is 2.10. The van der Waals surface area contributed by atoms with Crippen LogP contribution in [0.15, 0.2) is 0 Å². The number of carbonyl (C=O) groups excluding carboxylic acids is 1. The third kappa shape index (κ3) is 4.03. The van der Waals surface area contributed by atoms with Crippen molar-refractivity contribution in [3.8, 4) is 0 Å². The van der Waals surface area contributed by atoms with E-state index in [1.807, 2.05) is 5.32 Å². The maximum atomic E-state index is 12.1. The van der Waals surface area contributed by atoms with Gasteiger partial charge in [-0.15, -0.1) is 5.10 Å². The van der Waals surface area contributed by atoms with Crippen LogP contribution in [0.25, 0.3) is 0 Å². The summed E-state index contributed by atoms with van der Waals surface area (Å²) in [6, 6.07) is -0.574. The maximum absolute atomic E-state index is 12.1. The Labute approximate surface area is 122 Å². The summed E-state index contributed by atoms with van der Waals surface area (Å²) < 4.78 is 40.4. The molecule has 0 radical (unpaired) electrons. The lowest BCUT2D eigenvalue weighted by molar-refractivity contribution is -0.141. The topological polar surface area (TPSA) is 58.1 Å². The molecule has 2 rings (SSSR count). The fourth-order valence-corrected chi connectivity index (χ4v) is 2.71. The third-order valence-corrected chi connectivity index (χ3v) is 3.98. The van der Waals surface area contributed by atoms with Gasteiger partial charge in [0.15, 0.2) is 0 Å². The van der Waals surface area contributed by atoms with Crippen molar-refractivity contribution in [2.75, 3.05) is 13.1 Å². The molecule has 1 aromatic heterocycles. The lowest BCUT2D eigenvalue weighted by Crippen LogP contribution is -2.45. The maximum Gasteiger partial charge on any atom is 0.405 e. The van der Waals surface area contributed by atoms with Gasteiger partial charge in [0.05, 0.1) is 6.04 Å². The molecule has 0 spiro atoms. The Balaban J connectivity index is 1.93. The van der Waals surface area contributed by atoms with Gasteiger partial charge in [-0.05, 0) is 19.4 Å². The second kappa shape index (κ2) is 6.23. The van der Waals surface area contributed by atoms with Crippen molar-refractivity contribution in [1.29, 1.82) is 0 Å². The number of halogens is 4. The van der Waals surface area contributed by atoms with Crippen LogP contribution < -0.4 is 5.32 Å². The van der Waals surface area contributed by atoms with E-state index in [4.69, 9.17) is 11.6 Å². The average molecular weight is 329 g/mol. The molecular formula is C10H12ClF3N4OS. The van der Waals surface area contributed by atoms with Gasteiger partial charge in [-0.1, -0.05) is 16.1 Å². The van der Waals surface area contributed by atoms with Gasteiger partial charge < -0.3 is 5.32 Å². The summed E-state index contributed by atoms with van der Waals surface area (Å²) in [5, 5.41) is 5.76. The Kier molecular flexibility index (Phi) is 4.82. The van der Waals surface area contributed by atoms with Gasteiger partial charge >= 0.3 is 6.18 Å². The zero-order valence-electron chi connectivity index (χ0n) is 10.3. The Morgan fingerprint density at radius 3 is 2.90 bits per heavy atom. The van der Waals surface area contributed by atoms with Crippen LogP contribution >= 0.6 is 23.1 Å². The molecule has 1 aromatic rings. The number of hydrogen-bond donors (Lipinski definition) is 1. The van der Waals surface area contributed by atoms with E-state index in [9.17, 15) is 18.0 Å². The van der Waals surface area contributed by atoms with Crippen molar-refractivity contribution in [3.05, 3.63) is 10.0 Å². The van der Waals surface area contributed by atoms with Crippen molar-refractivity contribution >= 4 is 29.0 Å². The van der Waals surface area contributed by atoms with E-state index in [2.05, 4.69) is 9.59 Å². The quantitative estimate of drug-likeness (QED) is 0.916. The predicted octanol–water partition coefficient (Wildman–Crippen LogP) is 1.83. The molecule has 2 heterocycles. The van der Waals surface area contributed by atoms with E-state index in [0.717, 1.165) is 18.0 Å². The SMILES string of the molecule is O=C(NCC(F)(F)F)[C@H]1CCCN1Cc1nnsc1Cl.